The molecule has 0 spiro atoms. The fourth-order valence-electron chi connectivity index (χ4n) is 1.93. The lowest BCUT2D eigenvalue weighted by atomic mass is 10.2. The van der Waals surface area contributed by atoms with E-state index in [1.807, 2.05) is 31.3 Å². The molecule has 0 bridgehead atoms. The summed E-state index contributed by atoms with van der Waals surface area (Å²) in [6.07, 6.45) is 1.74. The van der Waals surface area contributed by atoms with E-state index in [-0.39, 0.29) is 0 Å². The number of hydrogen-bond acceptors (Lipinski definition) is 5. The average Bonchev–Trinajstić information content (AvgIpc) is 2.47. The third-order valence-corrected chi connectivity index (χ3v) is 2.79. The van der Waals surface area contributed by atoms with Crippen LogP contribution in [0.4, 0.5) is 5.82 Å². The van der Waals surface area contributed by atoms with Gasteiger partial charge in [0.25, 0.3) is 0 Å². The molecule has 1 aromatic carbocycles. The highest BCUT2D eigenvalue weighted by atomic mass is 15.0. The minimum absolute atomic E-state index is 0.626. The first-order valence-corrected chi connectivity index (χ1v) is 5.87. The second kappa shape index (κ2) is 4.52. The number of para-hydroxylation sites is 1. The van der Waals surface area contributed by atoms with Gasteiger partial charge in [0, 0.05) is 12.4 Å². The molecule has 0 radical (unpaired) electrons. The molecule has 5 heteroatoms. The van der Waals surface area contributed by atoms with Gasteiger partial charge < -0.3 is 5.32 Å². The molecule has 2 aromatic rings. The van der Waals surface area contributed by atoms with Crippen LogP contribution >= 0.6 is 0 Å². The molecular formula is C13H13N5. The first-order valence-electron chi connectivity index (χ1n) is 5.87. The van der Waals surface area contributed by atoms with Gasteiger partial charge in [0.1, 0.15) is 11.5 Å². The highest BCUT2D eigenvalue weighted by Gasteiger charge is 2.11. The molecule has 0 fully saturated rings. The van der Waals surface area contributed by atoms with E-state index in [0.717, 1.165) is 29.0 Å². The predicted molar refractivity (Wildman–Crippen MR) is 73.8 cm³/mol. The van der Waals surface area contributed by atoms with Crippen LogP contribution in [0.3, 0.4) is 0 Å². The van der Waals surface area contributed by atoms with Crippen LogP contribution in [0.15, 0.2) is 34.3 Å². The highest BCUT2D eigenvalue weighted by molar-refractivity contribution is 6.37. The third-order valence-electron chi connectivity index (χ3n) is 2.79. The summed E-state index contributed by atoms with van der Waals surface area (Å²) < 4.78 is 0. The van der Waals surface area contributed by atoms with Crippen molar-refractivity contribution < 1.29 is 0 Å². The van der Waals surface area contributed by atoms with Gasteiger partial charge in [0.2, 0.25) is 0 Å². The van der Waals surface area contributed by atoms with E-state index in [2.05, 4.69) is 25.3 Å². The summed E-state index contributed by atoms with van der Waals surface area (Å²) in [5.41, 5.74) is 1.66. The van der Waals surface area contributed by atoms with Crippen LogP contribution in [0.1, 0.15) is 5.82 Å². The minimum Gasteiger partial charge on any atom is -0.373 e. The zero-order chi connectivity index (χ0) is 12.4. The van der Waals surface area contributed by atoms with Crippen LogP contribution in [0, 0.1) is 0 Å². The van der Waals surface area contributed by atoms with Gasteiger partial charge in [-0.25, -0.2) is 9.97 Å². The molecule has 0 atom stereocenters. The molecule has 1 aromatic heterocycles. The second-order valence-electron chi connectivity index (χ2n) is 3.97. The number of aliphatic imine (C=N–C) groups is 2. The van der Waals surface area contributed by atoms with Gasteiger partial charge in [-0.1, -0.05) is 12.1 Å². The van der Waals surface area contributed by atoms with Crippen molar-refractivity contribution in [1.29, 1.82) is 0 Å². The van der Waals surface area contributed by atoms with Gasteiger partial charge in [-0.05, 0) is 12.1 Å². The van der Waals surface area contributed by atoms with E-state index >= 15 is 0 Å². The zero-order valence-corrected chi connectivity index (χ0v) is 10.1. The molecule has 5 nitrogen and oxygen atoms in total. The molecule has 0 saturated carbocycles. The zero-order valence-electron chi connectivity index (χ0n) is 10.1. The van der Waals surface area contributed by atoms with E-state index in [9.17, 15) is 0 Å². The monoisotopic (exact) mass is 239 g/mol. The van der Waals surface area contributed by atoms with Crippen molar-refractivity contribution in [2.24, 2.45) is 9.98 Å². The van der Waals surface area contributed by atoms with Crippen molar-refractivity contribution in [2.75, 3.05) is 25.5 Å². The summed E-state index contributed by atoms with van der Waals surface area (Å²) in [6.45, 7) is 1.45. The summed E-state index contributed by atoms with van der Waals surface area (Å²) >= 11 is 0. The Hall–Kier alpha value is -2.30. The Balaban J connectivity index is 2.19. The van der Waals surface area contributed by atoms with Crippen molar-refractivity contribution in [3.8, 4) is 0 Å². The molecule has 0 unspecified atom stereocenters. The van der Waals surface area contributed by atoms with Gasteiger partial charge in [-0.3, -0.25) is 9.98 Å². The summed E-state index contributed by atoms with van der Waals surface area (Å²) in [6, 6.07) is 7.92. The largest absolute Gasteiger partial charge is 0.373 e. The lowest BCUT2D eigenvalue weighted by Crippen LogP contribution is -2.15. The predicted octanol–water partition coefficient (Wildman–Crippen LogP) is 1.54. The number of anilines is 1. The van der Waals surface area contributed by atoms with Gasteiger partial charge in [0.15, 0.2) is 5.82 Å². The standard InChI is InChI=1S/C13H13N5/c1-14-12-9-4-2-3-5-10(9)17-13(18-12)11-8-15-6-7-16-11/h2-5,8H,6-7H2,1H3,(H,14,17,18). The van der Waals surface area contributed by atoms with Crippen LogP contribution in [0.2, 0.25) is 0 Å². The van der Waals surface area contributed by atoms with Crippen LogP contribution in [0.5, 0.6) is 0 Å². The Bertz CT molecular complexity index is 645. The lowest BCUT2D eigenvalue weighted by Gasteiger charge is -2.09. The molecular weight excluding hydrogens is 226 g/mol. The van der Waals surface area contributed by atoms with E-state index in [1.165, 1.54) is 0 Å². The van der Waals surface area contributed by atoms with Crippen molar-refractivity contribution >= 4 is 28.6 Å². The summed E-state index contributed by atoms with van der Waals surface area (Å²) in [5, 5.41) is 4.11. The summed E-state index contributed by atoms with van der Waals surface area (Å²) in [7, 11) is 1.86. The molecule has 0 amide bonds. The van der Waals surface area contributed by atoms with Crippen molar-refractivity contribution in [3.05, 3.63) is 30.1 Å². The van der Waals surface area contributed by atoms with E-state index in [4.69, 9.17) is 0 Å². The fraction of sp³-hybridized carbons (Fsp3) is 0.231. The van der Waals surface area contributed by atoms with Crippen molar-refractivity contribution in [2.45, 2.75) is 0 Å². The van der Waals surface area contributed by atoms with Crippen LogP contribution in [-0.2, 0) is 0 Å². The maximum absolute atomic E-state index is 4.53. The van der Waals surface area contributed by atoms with Gasteiger partial charge in [-0.2, -0.15) is 0 Å². The maximum Gasteiger partial charge on any atom is 0.181 e. The minimum atomic E-state index is 0.626. The number of hydrogen-bond donors (Lipinski definition) is 1. The van der Waals surface area contributed by atoms with E-state index in [1.54, 1.807) is 6.21 Å². The van der Waals surface area contributed by atoms with Gasteiger partial charge in [0.05, 0.1) is 24.8 Å². The first kappa shape index (κ1) is 10.8. The molecule has 1 N–H and O–H groups in total. The Morgan fingerprint density at radius 3 is 2.78 bits per heavy atom. The molecule has 3 rings (SSSR count). The van der Waals surface area contributed by atoms with Crippen LogP contribution in [-0.4, -0.2) is 42.0 Å². The number of aromatic nitrogens is 2. The molecule has 2 heterocycles. The average molecular weight is 239 g/mol. The quantitative estimate of drug-likeness (QED) is 0.864. The molecule has 90 valence electrons. The van der Waals surface area contributed by atoms with Crippen LogP contribution < -0.4 is 5.32 Å². The van der Waals surface area contributed by atoms with Crippen molar-refractivity contribution in [3.63, 3.8) is 0 Å². The van der Waals surface area contributed by atoms with Gasteiger partial charge in [-0.15, -0.1) is 0 Å². The third kappa shape index (κ3) is 1.84. The van der Waals surface area contributed by atoms with E-state index in [0.29, 0.717) is 12.4 Å². The smallest absolute Gasteiger partial charge is 0.181 e. The number of nitrogens with zero attached hydrogens (tertiary/aromatic N) is 4. The Morgan fingerprint density at radius 1 is 1.11 bits per heavy atom. The highest BCUT2D eigenvalue weighted by Crippen LogP contribution is 2.19. The Morgan fingerprint density at radius 2 is 2.00 bits per heavy atom. The number of rotatable bonds is 2. The normalized spacial score (nSPS) is 14.6. The second-order valence-corrected chi connectivity index (χ2v) is 3.97. The SMILES string of the molecule is CNc1nc(C2=NCCN=C2)nc2ccccc12. The number of fused-ring (bicyclic) bond motifs is 1. The van der Waals surface area contributed by atoms with Crippen LogP contribution in [0.25, 0.3) is 10.9 Å². The lowest BCUT2D eigenvalue weighted by molar-refractivity contribution is 0.965. The maximum atomic E-state index is 4.53. The Kier molecular flexibility index (Phi) is 2.72. The first-order chi connectivity index (χ1) is 8.88. The van der Waals surface area contributed by atoms with E-state index < -0.39 is 0 Å². The van der Waals surface area contributed by atoms with Gasteiger partial charge >= 0.3 is 0 Å². The fourth-order valence-corrected chi connectivity index (χ4v) is 1.93. The number of nitrogens with one attached hydrogen (secondary N) is 1. The number of benzene rings is 1. The molecule has 0 aliphatic carbocycles. The molecule has 1 aliphatic heterocycles. The molecule has 18 heavy (non-hydrogen) atoms. The topological polar surface area (TPSA) is 62.5 Å². The van der Waals surface area contributed by atoms with Crippen molar-refractivity contribution in [1.82, 2.24) is 9.97 Å². The summed E-state index contributed by atoms with van der Waals surface area (Å²) in [5.74, 6) is 1.44. The summed E-state index contributed by atoms with van der Waals surface area (Å²) in [4.78, 5) is 17.6. The Labute approximate surface area is 105 Å². The molecule has 1 aliphatic rings. The molecule has 0 saturated heterocycles.